The first-order valence-electron chi connectivity index (χ1n) is 24.2. The summed E-state index contributed by atoms with van der Waals surface area (Å²) in [5.41, 5.74) is 14.5. The summed E-state index contributed by atoms with van der Waals surface area (Å²) in [7, 11) is 0. The van der Waals surface area contributed by atoms with Gasteiger partial charge in [-0.25, -0.2) is 34.9 Å². The number of para-hydroxylation sites is 1. The third-order valence-corrected chi connectivity index (χ3v) is 13.1. The van der Waals surface area contributed by atoms with Crippen molar-refractivity contribution >= 4 is 21.8 Å². The molecule has 8 nitrogen and oxygen atoms in total. The van der Waals surface area contributed by atoms with Gasteiger partial charge in [0.25, 0.3) is 0 Å². The molecule has 9 aromatic carbocycles. The highest BCUT2D eigenvalue weighted by Gasteiger charge is 2.22. The van der Waals surface area contributed by atoms with Crippen molar-refractivity contribution in [2.75, 3.05) is 0 Å². The largest absolute Gasteiger partial charge is 0.309 e. The Morgan fingerprint density at radius 1 is 0.219 bits per heavy atom. The van der Waals surface area contributed by atoms with Gasteiger partial charge < -0.3 is 4.57 Å². The second kappa shape index (κ2) is 18.7. The van der Waals surface area contributed by atoms with E-state index in [0.717, 1.165) is 100 Å². The maximum atomic E-state index is 5.44. The summed E-state index contributed by atoms with van der Waals surface area (Å²) in [6.45, 7) is 0. The monoisotopic (exact) mass is 934 g/mol. The standard InChI is InChI=1S/C65H42N8/c1-7-21-43(22-8-1)54-42-57(67-61(66-54)46-27-13-4-14-28-46)49-35-37-60(53(39-49)65-68-55(44-23-9-2-10-24-44)41-56(69-65)45-25-11-3-12-26-45)73-58-34-20-19-33-51(58)52-40-50(36-38-59(52)73)64-71-62(47-29-15-5-16-30-47)70-63(72-64)48-31-17-6-18-32-48/h1-42H. The lowest BCUT2D eigenvalue weighted by Gasteiger charge is -2.17. The molecule has 0 radical (unpaired) electrons. The fourth-order valence-electron chi connectivity index (χ4n) is 9.53. The van der Waals surface area contributed by atoms with Crippen LogP contribution >= 0.6 is 0 Å². The summed E-state index contributed by atoms with van der Waals surface area (Å²) in [5.74, 6) is 3.02. The summed E-state index contributed by atoms with van der Waals surface area (Å²) < 4.78 is 2.33. The molecule has 13 rings (SSSR count). The summed E-state index contributed by atoms with van der Waals surface area (Å²) in [6.07, 6.45) is 0. The van der Waals surface area contributed by atoms with E-state index in [1.54, 1.807) is 0 Å². The molecular formula is C65H42N8. The molecule has 0 bridgehead atoms. The minimum Gasteiger partial charge on any atom is -0.309 e. The Balaban J connectivity index is 1.05. The van der Waals surface area contributed by atoms with Gasteiger partial charge in [0.05, 0.1) is 39.5 Å². The van der Waals surface area contributed by atoms with Crippen LogP contribution in [0.1, 0.15) is 0 Å². The van der Waals surface area contributed by atoms with Crippen molar-refractivity contribution in [3.63, 3.8) is 0 Å². The van der Waals surface area contributed by atoms with Crippen LogP contribution in [0.2, 0.25) is 0 Å². The first-order chi connectivity index (χ1) is 36.2. The van der Waals surface area contributed by atoms with Crippen LogP contribution in [0.3, 0.4) is 0 Å². The van der Waals surface area contributed by atoms with Crippen LogP contribution in [0.4, 0.5) is 0 Å². The highest BCUT2D eigenvalue weighted by molar-refractivity contribution is 6.11. The van der Waals surface area contributed by atoms with Crippen LogP contribution < -0.4 is 0 Å². The van der Waals surface area contributed by atoms with Gasteiger partial charge in [-0.15, -0.1) is 0 Å². The zero-order valence-corrected chi connectivity index (χ0v) is 39.3. The molecule has 0 aliphatic carbocycles. The van der Waals surface area contributed by atoms with E-state index in [2.05, 4.69) is 126 Å². The molecule has 0 spiro atoms. The van der Waals surface area contributed by atoms with E-state index >= 15 is 0 Å². The van der Waals surface area contributed by atoms with Crippen LogP contribution in [0.25, 0.3) is 129 Å². The normalized spacial score (nSPS) is 11.3. The van der Waals surface area contributed by atoms with E-state index in [1.165, 1.54) is 0 Å². The molecule has 13 aromatic rings. The molecule has 8 heteroatoms. The molecule has 0 fully saturated rings. The van der Waals surface area contributed by atoms with Crippen LogP contribution in [-0.4, -0.2) is 39.5 Å². The highest BCUT2D eigenvalue weighted by atomic mass is 15.0. The van der Waals surface area contributed by atoms with Crippen molar-refractivity contribution < 1.29 is 0 Å². The Bertz CT molecular complexity index is 3940. The lowest BCUT2D eigenvalue weighted by atomic mass is 10.0. The number of hydrogen-bond donors (Lipinski definition) is 0. The molecular weight excluding hydrogens is 893 g/mol. The van der Waals surface area contributed by atoms with E-state index in [-0.39, 0.29) is 0 Å². The number of aromatic nitrogens is 8. The molecule has 0 unspecified atom stereocenters. The SMILES string of the molecule is c1ccc(-c2cc(-c3ccc(-n4c5ccccc5c5cc(-c6nc(-c7ccccc7)nc(-c7ccccc7)n6)ccc54)c(-c4nc(-c5ccccc5)cc(-c5ccccc5)n4)c3)nc(-c3ccccc3)n2)cc1. The fraction of sp³-hybridized carbons (Fsp3) is 0. The molecule has 4 heterocycles. The molecule has 0 amide bonds. The van der Waals surface area contributed by atoms with Crippen molar-refractivity contribution in [1.82, 2.24) is 39.5 Å². The maximum Gasteiger partial charge on any atom is 0.164 e. The lowest BCUT2D eigenvalue weighted by Crippen LogP contribution is -2.03. The summed E-state index contributed by atoms with van der Waals surface area (Å²) in [5, 5.41) is 2.13. The van der Waals surface area contributed by atoms with Gasteiger partial charge >= 0.3 is 0 Å². The lowest BCUT2D eigenvalue weighted by molar-refractivity contribution is 1.07. The van der Waals surface area contributed by atoms with Gasteiger partial charge in [-0.05, 0) is 48.5 Å². The Labute approximate surface area is 421 Å². The van der Waals surface area contributed by atoms with E-state index in [1.807, 2.05) is 133 Å². The van der Waals surface area contributed by atoms with Crippen LogP contribution in [0, 0.1) is 0 Å². The number of rotatable bonds is 10. The van der Waals surface area contributed by atoms with Gasteiger partial charge in [0.1, 0.15) is 0 Å². The van der Waals surface area contributed by atoms with Crippen molar-refractivity contribution in [2.24, 2.45) is 0 Å². The molecule has 73 heavy (non-hydrogen) atoms. The second-order valence-corrected chi connectivity index (χ2v) is 17.7. The van der Waals surface area contributed by atoms with Gasteiger partial charge in [-0.1, -0.05) is 206 Å². The molecule has 0 aliphatic heterocycles. The highest BCUT2D eigenvalue weighted by Crippen LogP contribution is 2.40. The van der Waals surface area contributed by atoms with Crippen molar-refractivity contribution in [2.45, 2.75) is 0 Å². The molecule has 0 aliphatic rings. The molecule has 0 N–H and O–H groups in total. The van der Waals surface area contributed by atoms with Gasteiger partial charge in [0.2, 0.25) is 0 Å². The van der Waals surface area contributed by atoms with Crippen LogP contribution in [0.5, 0.6) is 0 Å². The quantitative estimate of drug-likeness (QED) is 0.135. The predicted octanol–water partition coefficient (Wildman–Crippen LogP) is 15.6. The number of benzene rings is 9. The van der Waals surface area contributed by atoms with Crippen molar-refractivity contribution in [1.29, 1.82) is 0 Å². The molecule has 0 saturated heterocycles. The summed E-state index contributed by atoms with van der Waals surface area (Å²) >= 11 is 0. The van der Waals surface area contributed by atoms with E-state index < -0.39 is 0 Å². The Morgan fingerprint density at radius 3 is 1.05 bits per heavy atom. The fourth-order valence-corrected chi connectivity index (χ4v) is 9.53. The van der Waals surface area contributed by atoms with Gasteiger partial charge in [0.15, 0.2) is 29.1 Å². The molecule has 0 saturated carbocycles. The Morgan fingerprint density at radius 2 is 0.575 bits per heavy atom. The van der Waals surface area contributed by atoms with Crippen molar-refractivity contribution in [3.05, 3.63) is 255 Å². The smallest absolute Gasteiger partial charge is 0.164 e. The second-order valence-electron chi connectivity index (χ2n) is 17.7. The Hall–Kier alpha value is -10.1. The zero-order chi connectivity index (χ0) is 48.5. The van der Waals surface area contributed by atoms with Gasteiger partial charge in [-0.2, -0.15) is 0 Å². The van der Waals surface area contributed by atoms with E-state index in [9.17, 15) is 0 Å². The molecule has 4 aromatic heterocycles. The van der Waals surface area contributed by atoms with Crippen molar-refractivity contribution in [3.8, 4) is 108 Å². The molecule has 342 valence electrons. The van der Waals surface area contributed by atoms with E-state index in [0.29, 0.717) is 29.1 Å². The Kier molecular flexibility index (Phi) is 11.0. The number of nitrogens with zero attached hydrogens (tertiary/aromatic N) is 8. The average Bonchev–Trinajstić information content (AvgIpc) is 3.81. The van der Waals surface area contributed by atoms with Gasteiger partial charge in [0, 0.05) is 60.8 Å². The average molecular weight is 935 g/mol. The van der Waals surface area contributed by atoms with Crippen LogP contribution in [0.15, 0.2) is 255 Å². The number of hydrogen-bond acceptors (Lipinski definition) is 7. The van der Waals surface area contributed by atoms with E-state index in [4.69, 9.17) is 34.9 Å². The topological polar surface area (TPSA) is 95.2 Å². The molecule has 0 atom stereocenters. The first-order valence-corrected chi connectivity index (χ1v) is 24.2. The van der Waals surface area contributed by atoms with Crippen LogP contribution in [-0.2, 0) is 0 Å². The maximum absolute atomic E-state index is 5.44. The zero-order valence-electron chi connectivity index (χ0n) is 39.3. The summed E-state index contributed by atoms with van der Waals surface area (Å²) in [4.78, 5) is 36.4. The first kappa shape index (κ1) is 43.0. The van der Waals surface area contributed by atoms with Gasteiger partial charge in [-0.3, -0.25) is 0 Å². The third kappa shape index (κ3) is 8.39. The summed E-state index contributed by atoms with van der Waals surface area (Å²) in [6, 6.07) is 86.9. The number of fused-ring (bicyclic) bond motifs is 3. The minimum atomic E-state index is 0.576. The minimum absolute atomic E-state index is 0.576. The third-order valence-electron chi connectivity index (χ3n) is 13.1. The predicted molar refractivity (Wildman–Crippen MR) is 294 cm³/mol.